The second-order valence-corrected chi connectivity index (χ2v) is 10.1. The maximum atomic E-state index is 12.5. The third-order valence-corrected chi connectivity index (χ3v) is 9.92. The van der Waals surface area contributed by atoms with Gasteiger partial charge in [0.1, 0.15) is 0 Å². The van der Waals surface area contributed by atoms with E-state index in [1.54, 1.807) is 0 Å². The van der Waals surface area contributed by atoms with Gasteiger partial charge in [-0.05, 0) is 24.6 Å². The van der Waals surface area contributed by atoms with Gasteiger partial charge in [-0.25, -0.2) is 0 Å². The van der Waals surface area contributed by atoms with Gasteiger partial charge in [0.05, 0.1) is 13.2 Å². The number of carbonyl (C=O) groups is 1. The molecule has 1 aromatic carbocycles. The van der Waals surface area contributed by atoms with Crippen LogP contribution in [0.25, 0.3) is 0 Å². The largest absolute Gasteiger partial charge is 0.379 e. The van der Waals surface area contributed by atoms with Gasteiger partial charge < -0.3 is 4.74 Å². The minimum atomic E-state index is -2.01. The molecule has 0 radical (unpaired) electrons. The molecule has 1 aliphatic heterocycles. The van der Waals surface area contributed by atoms with E-state index < -0.39 is 6.24 Å². The molecule has 0 aromatic heterocycles. The van der Waals surface area contributed by atoms with Crippen LogP contribution < -0.4 is 5.30 Å². The molecule has 1 aromatic rings. The smallest absolute Gasteiger partial charge is 0.161 e. The molecule has 2 aliphatic rings. The molecule has 0 bridgehead atoms. The fraction of sp³-hybridized carbons (Fsp3) is 0.500. The number of thiol groups is 1. The van der Waals surface area contributed by atoms with E-state index in [1.807, 2.05) is 6.07 Å². The first-order chi connectivity index (χ1) is 10.2. The molecule has 0 amide bonds. The topological polar surface area (TPSA) is 29.5 Å². The molecular weight excluding hydrogens is 301 g/mol. The second kappa shape index (κ2) is 6.70. The standard InChI is InChI=1S/C16H22NO2PS/c18-15-8-4-5-9-16(15)20(21,14-6-2-1-3-7-14)17-10-12-19-13-11-17/h1-3,6-7,21H,4-5,8-13H2. The lowest BCUT2D eigenvalue weighted by atomic mass is 9.99. The van der Waals surface area contributed by atoms with Crippen LogP contribution in [0.4, 0.5) is 0 Å². The van der Waals surface area contributed by atoms with Crippen LogP contribution >= 0.6 is 18.5 Å². The summed E-state index contributed by atoms with van der Waals surface area (Å²) < 4.78 is 7.90. The van der Waals surface area contributed by atoms with Crippen molar-refractivity contribution >= 4 is 34.9 Å². The fourth-order valence-corrected chi connectivity index (χ4v) is 7.97. The second-order valence-electron chi connectivity index (χ2n) is 5.58. The molecule has 1 saturated heterocycles. The van der Waals surface area contributed by atoms with Crippen molar-refractivity contribution in [2.45, 2.75) is 25.7 Å². The highest BCUT2D eigenvalue weighted by molar-refractivity contribution is 8.54. The maximum absolute atomic E-state index is 12.5. The maximum Gasteiger partial charge on any atom is 0.161 e. The van der Waals surface area contributed by atoms with Gasteiger partial charge in [-0.3, -0.25) is 9.46 Å². The summed E-state index contributed by atoms with van der Waals surface area (Å²) in [4.78, 5) is 12.5. The predicted molar refractivity (Wildman–Crippen MR) is 92.9 cm³/mol. The van der Waals surface area contributed by atoms with E-state index in [2.05, 4.69) is 28.9 Å². The molecule has 3 nitrogen and oxygen atoms in total. The number of rotatable bonds is 2. The van der Waals surface area contributed by atoms with Crippen LogP contribution in [0, 0.1) is 0 Å². The molecule has 1 heterocycles. The zero-order valence-corrected chi connectivity index (χ0v) is 14.0. The molecule has 1 saturated carbocycles. The van der Waals surface area contributed by atoms with Crippen LogP contribution in [-0.4, -0.2) is 42.1 Å². The third-order valence-electron chi connectivity index (χ3n) is 4.28. The normalized spacial score (nSPS) is 23.9. The van der Waals surface area contributed by atoms with Crippen molar-refractivity contribution in [1.29, 1.82) is 0 Å². The Morgan fingerprint density at radius 1 is 1.05 bits per heavy atom. The number of benzene rings is 1. The van der Waals surface area contributed by atoms with Crippen molar-refractivity contribution in [3.05, 3.63) is 30.3 Å². The quantitative estimate of drug-likeness (QED) is 0.670. The summed E-state index contributed by atoms with van der Waals surface area (Å²) in [5, 5.41) is 2.28. The Morgan fingerprint density at radius 3 is 2.38 bits per heavy atom. The Balaban J connectivity index is 2.14. The number of Topliss-reactive ketones (excluding diaryl/α,β-unsaturated/α-hetero) is 1. The molecule has 114 valence electrons. The van der Waals surface area contributed by atoms with Gasteiger partial charge in [0, 0.05) is 31.0 Å². The molecule has 0 spiro atoms. The van der Waals surface area contributed by atoms with E-state index in [4.69, 9.17) is 17.0 Å². The van der Waals surface area contributed by atoms with Gasteiger partial charge in [-0.2, -0.15) is 0 Å². The summed E-state index contributed by atoms with van der Waals surface area (Å²) in [5.41, 5.74) is 0. The Labute approximate surface area is 131 Å². The van der Waals surface area contributed by atoms with E-state index >= 15 is 0 Å². The zero-order chi connectivity index (χ0) is 14.7. The number of carbonyl (C=O) groups excluding carboxylic acids is 1. The number of morpholine rings is 1. The summed E-state index contributed by atoms with van der Waals surface area (Å²) in [6.45, 7) is 3.19. The number of ether oxygens (including phenoxy) is 1. The lowest BCUT2D eigenvalue weighted by Crippen LogP contribution is -2.38. The Kier molecular flexibility index (Phi) is 4.90. The van der Waals surface area contributed by atoms with E-state index in [9.17, 15) is 4.79 Å². The molecule has 0 N–H and O–H groups in total. The van der Waals surface area contributed by atoms with Crippen molar-refractivity contribution < 1.29 is 9.53 Å². The highest BCUT2D eigenvalue weighted by atomic mass is 32.7. The first kappa shape index (κ1) is 15.4. The number of hydrogen-bond acceptors (Lipinski definition) is 4. The Morgan fingerprint density at radius 2 is 1.71 bits per heavy atom. The molecular formula is C16H22NO2PS. The van der Waals surface area contributed by atoms with Gasteiger partial charge in [0.2, 0.25) is 0 Å². The van der Waals surface area contributed by atoms with Crippen LogP contribution in [0.1, 0.15) is 25.7 Å². The van der Waals surface area contributed by atoms with Crippen LogP contribution in [0.3, 0.4) is 0 Å². The summed E-state index contributed by atoms with van der Waals surface area (Å²) in [5.74, 6) is 0.333. The van der Waals surface area contributed by atoms with Crippen LogP contribution in [0.2, 0.25) is 0 Å². The third kappa shape index (κ3) is 3.00. The molecule has 1 atom stereocenters. The summed E-state index contributed by atoms with van der Waals surface area (Å²) in [6.07, 6.45) is 1.71. The minimum absolute atomic E-state index is 0.333. The highest BCUT2D eigenvalue weighted by Gasteiger charge is 2.33. The lowest BCUT2D eigenvalue weighted by Gasteiger charge is -2.40. The van der Waals surface area contributed by atoms with Crippen molar-refractivity contribution in [2.24, 2.45) is 0 Å². The van der Waals surface area contributed by atoms with Crippen molar-refractivity contribution in [3.63, 3.8) is 0 Å². The number of hydrogen-bond donors (Lipinski definition) is 1. The van der Waals surface area contributed by atoms with Crippen molar-refractivity contribution in [2.75, 3.05) is 26.3 Å². The van der Waals surface area contributed by atoms with E-state index in [0.29, 0.717) is 12.2 Å². The monoisotopic (exact) mass is 323 g/mol. The molecule has 21 heavy (non-hydrogen) atoms. The van der Waals surface area contributed by atoms with Gasteiger partial charge in [0.25, 0.3) is 0 Å². The highest BCUT2D eigenvalue weighted by Crippen LogP contribution is 2.57. The average Bonchev–Trinajstić information content (AvgIpc) is 2.56. The van der Waals surface area contributed by atoms with E-state index in [1.165, 1.54) is 5.30 Å². The van der Waals surface area contributed by atoms with Gasteiger partial charge >= 0.3 is 0 Å². The van der Waals surface area contributed by atoms with Crippen LogP contribution in [0.15, 0.2) is 30.3 Å². The summed E-state index contributed by atoms with van der Waals surface area (Å²) in [6, 6.07) is 10.4. The first-order valence-corrected chi connectivity index (χ1v) is 10.5. The van der Waals surface area contributed by atoms with E-state index in [-0.39, 0.29) is 0 Å². The first-order valence-electron chi connectivity index (χ1n) is 7.63. The molecule has 1 aliphatic carbocycles. The Hall–Kier alpha value is -0.540. The molecule has 1 unspecified atom stereocenters. The minimum Gasteiger partial charge on any atom is -0.379 e. The average molecular weight is 323 g/mol. The van der Waals surface area contributed by atoms with Crippen molar-refractivity contribution in [1.82, 2.24) is 4.67 Å². The van der Waals surface area contributed by atoms with Gasteiger partial charge in [-0.15, -0.1) is 12.2 Å². The van der Waals surface area contributed by atoms with E-state index in [0.717, 1.165) is 50.9 Å². The van der Waals surface area contributed by atoms with Gasteiger partial charge in [-0.1, -0.05) is 30.3 Å². The molecule has 2 fully saturated rings. The molecule has 5 heteroatoms. The summed E-state index contributed by atoms with van der Waals surface area (Å²) >= 11 is 5.18. The van der Waals surface area contributed by atoms with Crippen LogP contribution in [-0.2, 0) is 9.53 Å². The number of nitrogens with zero attached hydrogens (tertiary/aromatic N) is 1. The predicted octanol–water partition coefficient (Wildman–Crippen LogP) is 2.74. The lowest BCUT2D eigenvalue weighted by molar-refractivity contribution is -0.113. The SMILES string of the molecule is O=C1CCCCC1=P(S)(c1ccccc1)N1CCOCC1. The fourth-order valence-electron chi connectivity index (χ4n) is 3.16. The summed E-state index contributed by atoms with van der Waals surface area (Å²) in [7, 11) is 0. The Bertz CT molecular complexity index is 567. The number of ketones is 1. The van der Waals surface area contributed by atoms with Crippen molar-refractivity contribution in [3.8, 4) is 0 Å². The molecule has 3 rings (SSSR count). The van der Waals surface area contributed by atoms with Gasteiger partial charge in [0.15, 0.2) is 5.78 Å². The zero-order valence-electron chi connectivity index (χ0n) is 12.2. The van der Waals surface area contributed by atoms with Crippen LogP contribution in [0.5, 0.6) is 0 Å².